The minimum atomic E-state index is 0.167. The van der Waals surface area contributed by atoms with Crippen LogP contribution < -0.4 is 0 Å². The number of hydrogen-bond donors (Lipinski definition) is 0. The van der Waals surface area contributed by atoms with Gasteiger partial charge in [-0.15, -0.1) is 0 Å². The van der Waals surface area contributed by atoms with Crippen LogP contribution in [-0.2, 0) is 13.6 Å². The highest BCUT2D eigenvalue weighted by Crippen LogP contribution is 2.21. The van der Waals surface area contributed by atoms with Crippen LogP contribution in [0.4, 0.5) is 0 Å². The van der Waals surface area contributed by atoms with E-state index in [9.17, 15) is 4.79 Å². The Morgan fingerprint density at radius 1 is 1.05 bits per heavy atom. The molecule has 0 bridgehead atoms. The summed E-state index contributed by atoms with van der Waals surface area (Å²) in [7, 11) is 2.00. The highest BCUT2D eigenvalue weighted by Gasteiger charge is 2.16. The molecule has 21 heavy (non-hydrogen) atoms. The maximum Gasteiger partial charge on any atom is 0.184 e. The van der Waals surface area contributed by atoms with Crippen molar-refractivity contribution < 1.29 is 4.79 Å². The number of aromatic nitrogens is 2. The number of nitrogens with zero attached hydrogens (tertiary/aromatic N) is 2. The van der Waals surface area contributed by atoms with Crippen LogP contribution in [0.15, 0.2) is 36.4 Å². The van der Waals surface area contributed by atoms with Gasteiger partial charge in [0.1, 0.15) is 0 Å². The predicted octanol–water partition coefficient (Wildman–Crippen LogP) is 3.79. The van der Waals surface area contributed by atoms with E-state index in [1.165, 1.54) is 5.39 Å². The fourth-order valence-corrected chi connectivity index (χ4v) is 2.92. The molecule has 3 nitrogen and oxygen atoms in total. The number of fused-ring (bicyclic) bond motifs is 1. The molecule has 0 unspecified atom stereocenters. The summed E-state index contributed by atoms with van der Waals surface area (Å²) < 4.78 is 4.16. The third-order valence-electron chi connectivity index (χ3n) is 4.40. The van der Waals surface area contributed by atoms with Gasteiger partial charge in [0.05, 0.1) is 6.54 Å². The van der Waals surface area contributed by atoms with Crippen molar-refractivity contribution in [3.05, 3.63) is 59.0 Å². The van der Waals surface area contributed by atoms with E-state index in [2.05, 4.69) is 34.3 Å². The SMILES string of the molecule is Cc1cc(C(=O)Cn2c(C)cc3ccccc32)c(C)n1C. The van der Waals surface area contributed by atoms with Gasteiger partial charge in [-0.1, -0.05) is 18.2 Å². The van der Waals surface area contributed by atoms with Crippen LogP contribution in [0.3, 0.4) is 0 Å². The molecule has 0 saturated carbocycles. The molecule has 0 fully saturated rings. The summed E-state index contributed by atoms with van der Waals surface area (Å²) in [5.41, 5.74) is 5.22. The number of carbonyl (C=O) groups is 1. The van der Waals surface area contributed by atoms with Crippen LogP contribution in [0, 0.1) is 20.8 Å². The quantitative estimate of drug-likeness (QED) is 0.671. The lowest BCUT2D eigenvalue weighted by Crippen LogP contribution is -2.12. The van der Waals surface area contributed by atoms with Gasteiger partial charge < -0.3 is 9.13 Å². The van der Waals surface area contributed by atoms with Gasteiger partial charge >= 0.3 is 0 Å². The Balaban J connectivity index is 2.00. The minimum absolute atomic E-state index is 0.167. The fourth-order valence-electron chi connectivity index (χ4n) is 2.92. The van der Waals surface area contributed by atoms with E-state index in [4.69, 9.17) is 0 Å². The zero-order valence-electron chi connectivity index (χ0n) is 13.0. The first-order valence-electron chi connectivity index (χ1n) is 7.20. The second kappa shape index (κ2) is 4.92. The van der Waals surface area contributed by atoms with Gasteiger partial charge in [-0.05, 0) is 44.4 Å². The van der Waals surface area contributed by atoms with Crippen molar-refractivity contribution in [2.24, 2.45) is 7.05 Å². The van der Waals surface area contributed by atoms with Crippen LogP contribution in [0.5, 0.6) is 0 Å². The molecule has 0 atom stereocenters. The number of rotatable bonds is 3. The molecule has 3 heteroatoms. The van der Waals surface area contributed by atoms with Gasteiger partial charge in [-0.25, -0.2) is 0 Å². The third-order valence-corrected chi connectivity index (χ3v) is 4.40. The van der Waals surface area contributed by atoms with E-state index >= 15 is 0 Å². The van der Waals surface area contributed by atoms with Crippen molar-refractivity contribution in [2.45, 2.75) is 27.3 Å². The molecular weight excluding hydrogens is 260 g/mol. The molecule has 1 aromatic carbocycles. The van der Waals surface area contributed by atoms with Crippen molar-refractivity contribution in [2.75, 3.05) is 0 Å². The Hall–Kier alpha value is -2.29. The summed E-state index contributed by atoms with van der Waals surface area (Å²) in [6.45, 7) is 6.47. The van der Waals surface area contributed by atoms with Crippen molar-refractivity contribution >= 4 is 16.7 Å². The normalized spacial score (nSPS) is 11.2. The number of carbonyl (C=O) groups excluding carboxylic acids is 1. The smallest absolute Gasteiger partial charge is 0.184 e. The molecule has 0 saturated heterocycles. The summed E-state index contributed by atoms with van der Waals surface area (Å²) in [5.74, 6) is 0.167. The van der Waals surface area contributed by atoms with E-state index in [-0.39, 0.29) is 5.78 Å². The molecule has 3 rings (SSSR count). The lowest BCUT2D eigenvalue weighted by molar-refractivity contribution is 0.0972. The van der Waals surface area contributed by atoms with Gasteiger partial charge in [-0.2, -0.15) is 0 Å². The first kappa shape index (κ1) is 13.7. The van der Waals surface area contributed by atoms with Crippen LogP contribution in [-0.4, -0.2) is 14.9 Å². The molecule has 0 aliphatic rings. The van der Waals surface area contributed by atoms with Crippen LogP contribution in [0.25, 0.3) is 10.9 Å². The molecule has 0 N–H and O–H groups in total. The fraction of sp³-hybridized carbons (Fsp3) is 0.278. The molecule has 0 amide bonds. The third kappa shape index (κ3) is 2.19. The second-order valence-electron chi connectivity index (χ2n) is 5.70. The number of hydrogen-bond acceptors (Lipinski definition) is 1. The van der Waals surface area contributed by atoms with Crippen molar-refractivity contribution in [3.8, 4) is 0 Å². The molecule has 0 aliphatic carbocycles. The van der Waals surface area contributed by atoms with Gasteiger partial charge in [0.15, 0.2) is 5.78 Å². The topological polar surface area (TPSA) is 26.9 Å². The summed E-state index contributed by atoms with van der Waals surface area (Å²) in [4.78, 5) is 12.7. The number of ketones is 1. The number of Topliss-reactive ketones (excluding diaryl/α,β-unsaturated/α-hetero) is 1. The van der Waals surface area contributed by atoms with E-state index in [0.29, 0.717) is 6.54 Å². The Bertz CT molecular complexity index is 836. The van der Waals surface area contributed by atoms with Gasteiger partial charge in [0.25, 0.3) is 0 Å². The average molecular weight is 280 g/mol. The second-order valence-corrected chi connectivity index (χ2v) is 5.70. The molecule has 3 aromatic rings. The molecule has 2 aromatic heterocycles. The largest absolute Gasteiger partial charge is 0.351 e. The molecule has 2 heterocycles. The Kier molecular flexibility index (Phi) is 3.20. The van der Waals surface area contributed by atoms with Crippen molar-refractivity contribution in [1.29, 1.82) is 0 Å². The maximum absolute atomic E-state index is 12.7. The lowest BCUT2D eigenvalue weighted by Gasteiger charge is -2.08. The molecule has 0 radical (unpaired) electrons. The Morgan fingerprint density at radius 3 is 2.43 bits per heavy atom. The number of benzene rings is 1. The van der Waals surface area contributed by atoms with E-state index in [1.54, 1.807) is 0 Å². The highest BCUT2D eigenvalue weighted by atomic mass is 16.1. The molecule has 108 valence electrons. The first-order valence-corrected chi connectivity index (χ1v) is 7.20. The standard InChI is InChI=1S/C18H20N2O/c1-12-10-16(14(3)19(12)4)18(21)11-20-13(2)9-15-7-5-6-8-17(15)20/h5-10H,11H2,1-4H3. The van der Waals surface area contributed by atoms with E-state index in [0.717, 1.165) is 28.2 Å². The van der Waals surface area contributed by atoms with E-state index in [1.807, 2.05) is 39.1 Å². The van der Waals surface area contributed by atoms with Gasteiger partial charge in [-0.3, -0.25) is 4.79 Å². The summed E-state index contributed by atoms with van der Waals surface area (Å²) >= 11 is 0. The average Bonchev–Trinajstić information content (AvgIpc) is 2.91. The minimum Gasteiger partial charge on any atom is -0.351 e. The highest BCUT2D eigenvalue weighted by molar-refractivity contribution is 5.98. The first-order chi connectivity index (χ1) is 9.99. The molecule has 0 aliphatic heterocycles. The van der Waals surface area contributed by atoms with Gasteiger partial charge in [0.2, 0.25) is 0 Å². The van der Waals surface area contributed by atoms with Crippen LogP contribution in [0.1, 0.15) is 27.4 Å². The maximum atomic E-state index is 12.7. The number of aryl methyl sites for hydroxylation is 2. The van der Waals surface area contributed by atoms with Gasteiger partial charge in [0, 0.05) is 35.2 Å². The monoisotopic (exact) mass is 280 g/mol. The molecular formula is C18H20N2O. The Labute approximate surface area is 124 Å². The van der Waals surface area contributed by atoms with Crippen molar-refractivity contribution in [3.63, 3.8) is 0 Å². The van der Waals surface area contributed by atoms with Crippen molar-refractivity contribution in [1.82, 2.24) is 9.13 Å². The Morgan fingerprint density at radius 2 is 1.76 bits per heavy atom. The summed E-state index contributed by atoms with van der Waals surface area (Å²) in [5, 5.41) is 1.18. The zero-order valence-corrected chi connectivity index (χ0v) is 13.0. The van der Waals surface area contributed by atoms with E-state index < -0.39 is 0 Å². The van der Waals surface area contributed by atoms with Crippen LogP contribution in [0.2, 0.25) is 0 Å². The summed E-state index contributed by atoms with van der Waals surface area (Å²) in [6.07, 6.45) is 0. The summed E-state index contributed by atoms with van der Waals surface area (Å²) in [6, 6.07) is 12.3. The number of para-hydroxylation sites is 1. The predicted molar refractivity (Wildman–Crippen MR) is 85.9 cm³/mol. The zero-order chi connectivity index (χ0) is 15.1. The lowest BCUT2D eigenvalue weighted by atomic mass is 10.1. The van der Waals surface area contributed by atoms with Crippen LogP contribution >= 0.6 is 0 Å². The molecule has 0 spiro atoms.